The summed E-state index contributed by atoms with van der Waals surface area (Å²) in [5, 5.41) is 3.47. The second kappa shape index (κ2) is 6.49. The minimum Gasteiger partial charge on any atom is -0.493 e. The molecule has 3 heteroatoms. The van der Waals surface area contributed by atoms with Crippen LogP contribution in [0.15, 0.2) is 18.2 Å². The van der Waals surface area contributed by atoms with E-state index in [4.69, 9.17) is 4.74 Å². The summed E-state index contributed by atoms with van der Waals surface area (Å²) in [6, 6.07) is 6.40. The first kappa shape index (κ1) is 13.7. The van der Waals surface area contributed by atoms with Crippen LogP contribution in [0.3, 0.4) is 0 Å². The standard InChI is InChI=1S/C17H26N2O/c1-2-19-11-5-6-14(12-19)13-20-17-9-3-8-16-15(17)7-4-10-18-16/h3,8-9,14,18H,2,4-7,10-13H2,1H3. The van der Waals surface area contributed by atoms with Crippen molar-refractivity contribution in [2.75, 3.05) is 38.1 Å². The zero-order valence-corrected chi connectivity index (χ0v) is 12.5. The van der Waals surface area contributed by atoms with Crippen LogP contribution in [0.4, 0.5) is 5.69 Å². The van der Waals surface area contributed by atoms with E-state index >= 15 is 0 Å². The molecule has 1 atom stereocenters. The number of fused-ring (bicyclic) bond motifs is 1. The predicted octanol–water partition coefficient (Wildman–Crippen LogP) is 3.16. The van der Waals surface area contributed by atoms with E-state index in [1.165, 1.54) is 50.1 Å². The van der Waals surface area contributed by atoms with Crippen LogP contribution in [0.1, 0.15) is 31.7 Å². The van der Waals surface area contributed by atoms with Gasteiger partial charge in [0.15, 0.2) is 0 Å². The Balaban J connectivity index is 1.61. The number of hydrogen-bond acceptors (Lipinski definition) is 3. The molecule has 1 aromatic rings. The molecule has 1 aromatic carbocycles. The van der Waals surface area contributed by atoms with Crippen LogP contribution in [0.5, 0.6) is 5.75 Å². The topological polar surface area (TPSA) is 24.5 Å². The lowest BCUT2D eigenvalue weighted by Gasteiger charge is -2.32. The summed E-state index contributed by atoms with van der Waals surface area (Å²) in [4.78, 5) is 2.54. The molecule has 1 saturated heterocycles. The average molecular weight is 274 g/mol. The maximum absolute atomic E-state index is 6.17. The molecule has 0 aliphatic carbocycles. The Morgan fingerprint density at radius 2 is 2.30 bits per heavy atom. The normalized spacial score (nSPS) is 22.9. The third-order valence-electron chi connectivity index (χ3n) is 4.58. The molecule has 1 unspecified atom stereocenters. The van der Waals surface area contributed by atoms with Gasteiger partial charge in [-0.15, -0.1) is 0 Å². The van der Waals surface area contributed by atoms with Crippen LogP contribution in [0.2, 0.25) is 0 Å². The molecular formula is C17H26N2O. The number of ether oxygens (including phenoxy) is 1. The van der Waals surface area contributed by atoms with E-state index < -0.39 is 0 Å². The smallest absolute Gasteiger partial charge is 0.124 e. The van der Waals surface area contributed by atoms with Gasteiger partial charge in [0.25, 0.3) is 0 Å². The van der Waals surface area contributed by atoms with Gasteiger partial charge in [0.1, 0.15) is 5.75 Å². The summed E-state index contributed by atoms with van der Waals surface area (Å²) in [6.07, 6.45) is 4.98. The predicted molar refractivity (Wildman–Crippen MR) is 83.6 cm³/mol. The van der Waals surface area contributed by atoms with Crippen LogP contribution in [0, 0.1) is 5.92 Å². The van der Waals surface area contributed by atoms with Crippen molar-refractivity contribution in [3.8, 4) is 5.75 Å². The Labute approximate surface area is 122 Å². The molecule has 0 bridgehead atoms. The van der Waals surface area contributed by atoms with Crippen molar-refractivity contribution in [3.63, 3.8) is 0 Å². The Kier molecular flexibility index (Phi) is 4.46. The zero-order chi connectivity index (χ0) is 13.8. The largest absolute Gasteiger partial charge is 0.493 e. The van der Waals surface area contributed by atoms with Gasteiger partial charge >= 0.3 is 0 Å². The molecule has 0 amide bonds. The van der Waals surface area contributed by atoms with Crippen LogP contribution in [0.25, 0.3) is 0 Å². The SMILES string of the molecule is CCN1CCCC(COc2cccc3c2CCCN3)C1. The quantitative estimate of drug-likeness (QED) is 0.913. The van der Waals surface area contributed by atoms with Crippen LogP contribution in [-0.2, 0) is 6.42 Å². The summed E-state index contributed by atoms with van der Waals surface area (Å²) >= 11 is 0. The van der Waals surface area contributed by atoms with Crippen molar-refractivity contribution in [2.24, 2.45) is 5.92 Å². The molecule has 3 rings (SSSR count). The minimum absolute atomic E-state index is 0.691. The zero-order valence-electron chi connectivity index (χ0n) is 12.5. The highest BCUT2D eigenvalue weighted by Crippen LogP contribution is 2.31. The maximum atomic E-state index is 6.17. The van der Waals surface area contributed by atoms with Gasteiger partial charge in [0.2, 0.25) is 0 Å². The number of piperidine rings is 1. The van der Waals surface area contributed by atoms with E-state index in [1.807, 2.05) is 0 Å². The van der Waals surface area contributed by atoms with Gasteiger partial charge in [0.05, 0.1) is 6.61 Å². The lowest BCUT2D eigenvalue weighted by molar-refractivity contribution is 0.134. The fourth-order valence-electron chi connectivity index (χ4n) is 3.39. The fourth-order valence-corrected chi connectivity index (χ4v) is 3.39. The Morgan fingerprint density at radius 3 is 3.20 bits per heavy atom. The maximum Gasteiger partial charge on any atom is 0.124 e. The first-order valence-electron chi connectivity index (χ1n) is 8.07. The first-order chi connectivity index (χ1) is 9.86. The van der Waals surface area contributed by atoms with Crippen molar-refractivity contribution in [1.29, 1.82) is 0 Å². The summed E-state index contributed by atoms with van der Waals surface area (Å²) in [5.74, 6) is 1.79. The first-order valence-corrected chi connectivity index (χ1v) is 8.07. The fraction of sp³-hybridized carbons (Fsp3) is 0.647. The van der Waals surface area contributed by atoms with Crippen molar-refractivity contribution < 1.29 is 4.74 Å². The van der Waals surface area contributed by atoms with Gasteiger partial charge < -0.3 is 15.0 Å². The summed E-state index contributed by atoms with van der Waals surface area (Å²) in [6.45, 7) is 7.84. The molecular weight excluding hydrogens is 248 g/mol. The second-order valence-corrected chi connectivity index (χ2v) is 6.03. The molecule has 0 saturated carbocycles. The summed E-state index contributed by atoms with van der Waals surface area (Å²) in [7, 11) is 0. The van der Waals surface area contributed by atoms with Crippen molar-refractivity contribution in [1.82, 2.24) is 4.90 Å². The highest BCUT2D eigenvalue weighted by molar-refractivity contribution is 5.59. The van der Waals surface area contributed by atoms with Gasteiger partial charge in [-0.3, -0.25) is 0 Å². The number of nitrogens with zero attached hydrogens (tertiary/aromatic N) is 1. The highest BCUT2D eigenvalue weighted by atomic mass is 16.5. The lowest BCUT2D eigenvalue weighted by Crippen LogP contribution is -2.37. The molecule has 3 nitrogen and oxygen atoms in total. The van der Waals surface area contributed by atoms with Gasteiger partial charge in [-0.25, -0.2) is 0 Å². The van der Waals surface area contributed by atoms with Crippen molar-refractivity contribution in [2.45, 2.75) is 32.6 Å². The Hall–Kier alpha value is -1.22. The van der Waals surface area contributed by atoms with Crippen LogP contribution in [-0.4, -0.2) is 37.7 Å². The molecule has 1 N–H and O–H groups in total. The van der Waals surface area contributed by atoms with Gasteiger partial charge in [-0.1, -0.05) is 13.0 Å². The van der Waals surface area contributed by atoms with Crippen molar-refractivity contribution >= 4 is 5.69 Å². The third-order valence-corrected chi connectivity index (χ3v) is 4.58. The number of nitrogens with one attached hydrogen (secondary N) is 1. The molecule has 0 spiro atoms. The average Bonchev–Trinajstić information content (AvgIpc) is 2.53. The summed E-state index contributed by atoms with van der Waals surface area (Å²) < 4.78 is 6.17. The molecule has 2 heterocycles. The van der Waals surface area contributed by atoms with Crippen LogP contribution >= 0.6 is 0 Å². The molecule has 0 aromatic heterocycles. The van der Waals surface area contributed by atoms with Gasteiger partial charge in [-0.05, 0) is 50.9 Å². The molecule has 1 fully saturated rings. The van der Waals surface area contributed by atoms with E-state index in [-0.39, 0.29) is 0 Å². The van der Waals surface area contributed by atoms with Crippen molar-refractivity contribution in [3.05, 3.63) is 23.8 Å². The van der Waals surface area contributed by atoms with E-state index in [9.17, 15) is 0 Å². The number of likely N-dealkylation sites (tertiary alicyclic amines) is 1. The third kappa shape index (κ3) is 3.09. The molecule has 0 radical (unpaired) electrons. The molecule has 20 heavy (non-hydrogen) atoms. The van der Waals surface area contributed by atoms with E-state index in [0.717, 1.165) is 25.3 Å². The monoisotopic (exact) mass is 274 g/mol. The van der Waals surface area contributed by atoms with E-state index in [0.29, 0.717) is 5.92 Å². The second-order valence-electron chi connectivity index (χ2n) is 6.03. The Bertz CT molecular complexity index is 447. The van der Waals surface area contributed by atoms with Crippen LogP contribution < -0.4 is 10.1 Å². The molecule has 110 valence electrons. The van der Waals surface area contributed by atoms with Gasteiger partial charge in [0, 0.05) is 30.3 Å². The number of anilines is 1. The number of rotatable bonds is 4. The highest BCUT2D eigenvalue weighted by Gasteiger charge is 2.20. The number of hydrogen-bond donors (Lipinski definition) is 1. The molecule has 2 aliphatic rings. The number of benzene rings is 1. The van der Waals surface area contributed by atoms with E-state index in [2.05, 4.69) is 35.3 Å². The molecule has 2 aliphatic heterocycles. The lowest BCUT2D eigenvalue weighted by atomic mass is 9.98. The Morgan fingerprint density at radius 1 is 1.35 bits per heavy atom. The van der Waals surface area contributed by atoms with Gasteiger partial charge in [-0.2, -0.15) is 0 Å². The van der Waals surface area contributed by atoms with E-state index in [1.54, 1.807) is 0 Å². The minimum atomic E-state index is 0.691. The summed E-state index contributed by atoms with van der Waals surface area (Å²) in [5.41, 5.74) is 2.65.